The summed E-state index contributed by atoms with van der Waals surface area (Å²) in [6.07, 6.45) is 0. The zero-order valence-electron chi connectivity index (χ0n) is 11.1. The predicted molar refractivity (Wildman–Crippen MR) is 82.5 cm³/mol. The predicted octanol–water partition coefficient (Wildman–Crippen LogP) is 3.70. The fourth-order valence-corrected chi connectivity index (χ4v) is 3.52. The summed E-state index contributed by atoms with van der Waals surface area (Å²) < 4.78 is 1.17. The Morgan fingerprint density at radius 3 is 2.33 bits per heavy atom. The second-order valence-electron chi connectivity index (χ2n) is 5.03. The van der Waals surface area contributed by atoms with Crippen LogP contribution in [0.2, 0.25) is 0 Å². The van der Waals surface area contributed by atoms with E-state index in [0.717, 1.165) is 5.56 Å². The highest BCUT2D eigenvalue weighted by Gasteiger charge is 2.34. The standard InChI is InChI=1S/C17H11NO2S/c19-16-13-3-1-2-4-14(13)17(20)18(16)10-11-5-6-12-7-8-21-15(12)9-11/h1-9H,10H2. The van der Waals surface area contributed by atoms with Crippen molar-refractivity contribution in [3.05, 3.63) is 70.6 Å². The molecule has 4 rings (SSSR count). The van der Waals surface area contributed by atoms with Gasteiger partial charge >= 0.3 is 0 Å². The van der Waals surface area contributed by atoms with Crippen LogP contribution in [0.5, 0.6) is 0 Å². The molecular formula is C17H11NO2S. The van der Waals surface area contributed by atoms with E-state index in [1.165, 1.54) is 15.0 Å². The van der Waals surface area contributed by atoms with Crippen molar-refractivity contribution in [1.82, 2.24) is 4.90 Å². The average Bonchev–Trinajstić information content (AvgIpc) is 3.06. The molecule has 21 heavy (non-hydrogen) atoms. The third-order valence-electron chi connectivity index (χ3n) is 3.74. The Hall–Kier alpha value is -2.46. The molecule has 0 aliphatic carbocycles. The van der Waals surface area contributed by atoms with Crippen LogP contribution >= 0.6 is 11.3 Å². The highest BCUT2D eigenvalue weighted by atomic mass is 32.1. The summed E-state index contributed by atoms with van der Waals surface area (Å²) in [5.74, 6) is -0.413. The van der Waals surface area contributed by atoms with E-state index in [1.54, 1.807) is 35.6 Å². The highest BCUT2D eigenvalue weighted by Crippen LogP contribution is 2.26. The molecule has 1 aromatic heterocycles. The summed E-state index contributed by atoms with van der Waals surface area (Å²) in [4.78, 5) is 26.0. The van der Waals surface area contributed by atoms with Crippen LogP contribution in [0, 0.1) is 0 Å². The maximum absolute atomic E-state index is 12.3. The van der Waals surface area contributed by atoms with Crippen LogP contribution in [0.25, 0.3) is 10.1 Å². The third kappa shape index (κ3) is 1.87. The molecule has 0 atom stereocenters. The molecule has 3 aromatic rings. The molecule has 0 N–H and O–H groups in total. The summed E-state index contributed by atoms with van der Waals surface area (Å²) >= 11 is 1.66. The largest absolute Gasteiger partial charge is 0.270 e. The van der Waals surface area contributed by atoms with Gasteiger partial charge in [-0.3, -0.25) is 14.5 Å². The molecule has 0 bridgehead atoms. The van der Waals surface area contributed by atoms with Crippen LogP contribution in [0.1, 0.15) is 26.3 Å². The lowest BCUT2D eigenvalue weighted by Gasteiger charge is -2.13. The van der Waals surface area contributed by atoms with Crippen molar-refractivity contribution < 1.29 is 9.59 Å². The molecule has 0 radical (unpaired) electrons. The van der Waals surface area contributed by atoms with Gasteiger partial charge in [0.1, 0.15) is 0 Å². The van der Waals surface area contributed by atoms with Gasteiger partial charge < -0.3 is 0 Å². The van der Waals surface area contributed by atoms with E-state index in [-0.39, 0.29) is 11.8 Å². The Morgan fingerprint density at radius 1 is 0.905 bits per heavy atom. The van der Waals surface area contributed by atoms with Crippen molar-refractivity contribution in [3.8, 4) is 0 Å². The Kier molecular flexibility index (Phi) is 2.65. The molecule has 1 aliphatic heterocycles. The van der Waals surface area contributed by atoms with Gasteiger partial charge in [0.2, 0.25) is 0 Å². The van der Waals surface area contributed by atoms with Gasteiger partial charge in [-0.15, -0.1) is 11.3 Å². The molecule has 2 amide bonds. The highest BCUT2D eigenvalue weighted by molar-refractivity contribution is 7.17. The minimum absolute atomic E-state index is 0.207. The van der Waals surface area contributed by atoms with E-state index in [9.17, 15) is 9.59 Å². The van der Waals surface area contributed by atoms with Crippen LogP contribution in [0.4, 0.5) is 0 Å². The zero-order chi connectivity index (χ0) is 14.4. The number of imide groups is 1. The number of hydrogen-bond donors (Lipinski definition) is 0. The molecule has 1 aliphatic rings. The molecule has 0 spiro atoms. The molecule has 0 saturated carbocycles. The normalized spacial score (nSPS) is 14.0. The second kappa shape index (κ2) is 4.53. The molecule has 2 heterocycles. The first kappa shape index (κ1) is 12.3. The van der Waals surface area contributed by atoms with E-state index < -0.39 is 0 Å². The number of benzene rings is 2. The summed E-state index contributed by atoms with van der Waals surface area (Å²) in [7, 11) is 0. The fourth-order valence-electron chi connectivity index (χ4n) is 2.66. The van der Waals surface area contributed by atoms with Crippen LogP contribution < -0.4 is 0 Å². The quantitative estimate of drug-likeness (QED) is 0.676. The van der Waals surface area contributed by atoms with E-state index in [4.69, 9.17) is 0 Å². The minimum Gasteiger partial charge on any atom is -0.270 e. The minimum atomic E-state index is -0.207. The monoisotopic (exact) mass is 293 g/mol. The Bertz CT molecular complexity index is 846. The van der Waals surface area contributed by atoms with Crippen LogP contribution in [-0.2, 0) is 6.54 Å². The van der Waals surface area contributed by atoms with E-state index in [1.807, 2.05) is 23.6 Å². The van der Waals surface area contributed by atoms with Crippen LogP contribution in [0.15, 0.2) is 53.9 Å². The van der Waals surface area contributed by atoms with Gasteiger partial charge in [-0.25, -0.2) is 0 Å². The summed E-state index contributed by atoms with van der Waals surface area (Å²) in [6, 6.07) is 15.1. The number of rotatable bonds is 2. The lowest BCUT2D eigenvalue weighted by atomic mass is 10.1. The molecule has 2 aromatic carbocycles. The van der Waals surface area contributed by atoms with Gasteiger partial charge in [0, 0.05) is 4.70 Å². The Morgan fingerprint density at radius 2 is 1.62 bits per heavy atom. The van der Waals surface area contributed by atoms with Gasteiger partial charge in [0.05, 0.1) is 17.7 Å². The molecule has 4 heteroatoms. The van der Waals surface area contributed by atoms with Gasteiger partial charge in [-0.05, 0) is 40.6 Å². The third-order valence-corrected chi connectivity index (χ3v) is 4.62. The Labute approximate surface area is 125 Å². The topological polar surface area (TPSA) is 37.4 Å². The number of amides is 2. The van der Waals surface area contributed by atoms with Gasteiger partial charge in [-0.2, -0.15) is 0 Å². The first-order chi connectivity index (χ1) is 10.2. The number of nitrogens with zero attached hydrogens (tertiary/aromatic N) is 1. The maximum atomic E-state index is 12.3. The van der Waals surface area contributed by atoms with Crippen molar-refractivity contribution in [2.45, 2.75) is 6.54 Å². The number of thiophene rings is 1. The van der Waals surface area contributed by atoms with Crippen molar-refractivity contribution in [3.63, 3.8) is 0 Å². The van der Waals surface area contributed by atoms with Gasteiger partial charge in [0.25, 0.3) is 11.8 Å². The summed E-state index contributed by atoms with van der Waals surface area (Å²) in [6.45, 7) is 0.320. The Balaban J connectivity index is 1.69. The average molecular weight is 293 g/mol. The SMILES string of the molecule is O=C1c2ccccc2C(=O)N1Cc1ccc2ccsc2c1. The van der Waals surface area contributed by atoms with Crippen molar-refractivity contribution in [2.24, 2.45) is 0 Å². The maximum Gasteiger partial charge on any atom is 0.261 e. The summed E-state index contributed by atoms with van der Waals surface area (Å²) in [5, 5.41) is 3.22. The number of fused-ring (bicyclic) bond motifs is 2. The van der Waals surface area contributed by atoms with Crippen molar-refractivity contribution in [2.75, 3.05) is 0 Å². The number of hydrogen-bond acceptors (Lipinski definition) is 3. The summed E-state index contributed by atoms with van der Waals surface area (Å²) in [5.41, 5.74) is 1.97. The fraction of sp³-hybridized carbons (Fsp3) is 0.0588. The van der Waals surface area contributed by atoms with E-state index >= 15 is 0 Å². The molecule has 0 fully saturated rings. The smallest absolute Gasteiger partial charge is 0.261 e. The van der Waals surface area contributed by atoms with Gasteiger partial charge in [0.15, 0.2) is 0 Å². The van der Waals surface area contributed by atoms with E-state index in [0.29, 0.717) is 17.7 Å². The second-order valence-corrected chi connectivity index (χ2v) is 5.98. The van der Waals surface area contributed by atoms with Crippen LogP contribution in [-0.4, -0.2) is 16.7 Å². The lowest BCUT2D eigenvalue weighted by molar-refractivity contribution is 0.0642. The number of carbonyl (C=O) groups excluding carboxylic acids is 2. The first-order valence-corrected chi connectivity index (χ1v) is 7.53. The first-order valence-electron chi connectivity index (χ1n) is 6.65. The zero-order valence-corrected chi connectivity index (χ0v) is 11.9. The van der Waals surface area contributed by atoms with E-state index in [2.05, 4.69) is 6.07 Å². The van der Waals surface area contributed by atoms with Gasteiger partial charge in [-0.1, -0.05) is 24.3 Å². The van der Waals surface area contributed by atoms with Crippen molar-refractivity contribution in [1.29, 1.82) is 0 Å². The lowest BCUT2D eigenvalue weighted by Crippen LogP contribution is -2.29. The molecule has 0 unspecified atom stereocenters. The molecule has 0 saturated heterocycles. The van der Waals surface area contributed by atoms with Crippen molar-refractivity contribution >= 4 is 33.2 Å². The molecule has 3 nitrogen and oxygen atoms in total. The molecule has 102 valence electrons. The molecular weight excluding hydrogens is 282 g/mol. The van der Waals surface area contributed by atoms with Crippen LogP contribution in [0.3, 0.4) is 0 Å². The number of carbonyl (C=O) groups is 2.